The van der Waals surface area contributed by atoms with Gasteiger partial charge in [-0.1, -0.05) is 31.9 Å². The van der Waals surface area contributed by atoms with E-state index in [1.807, 2.05) is 31.2 Å². The molecule has 7 heteroatoms. The van der Waals surface area contributed by atoms with E-state index in [2.05, 4.69) is 10.6 Å². The van der Waals surface area contributed by atoms with Gasteiger partial charge in [-0.25, -0.2) is 4.79 Å². The molecule has 1 aromatic carbocycles. The summed E-state index contributed by atoms with van der Waals surface area (Å²) < 4.78 is 5.15. The van der Waals surface area contributed by atoms with Crippen LogP contribution in [-0.4, -0.2) is 41.9 Å². The molecule has 1 aromatic rings. The molecule has 140 valence electrons. The maximum atomic E-state index is 12.8. The van der Waals surface area contributed by atoms with E-state index < -0.39 is 11.6 Å². The first-order chi connectivity index (χ1) is 12.5. The second-order valence-electron chi connectivity index (χ2n) is 7.07. The molecule has 3 rings (SSSR count). The highest BCUT2D eigenvalue weighted by atomic mass is 16.5. The Morgan fingerprint density at radius 3 is 2.92 bits per heavy atom. The number of hydrogen-bond donors (Lipinski definition) is 2. The number of ether oxygens (including phenoxy) is 1. The molecule has 0 bridgehead atoms. The molecule has 2 unspecified atom stereocenters. The average Bonchev–Trinajstić information content (AvgIpc) is 2.88. The van der Waals surface area contributed by atoms with E-state index in [1.54, 1.807) is 7.11 Å². The van der Waals surface area contributed by atoms with Crippen molar-refractivity contribution in [1.29, 1.82) is 0 Å². The molecule has 2 fully saturated rings. The minimum Gasteiger partial charge on any atom is -0.497 e. The zero-order chi connectivity index (χ0) is 18.7. The highest BCUT2D eigenvalue weighted by Crippen LogP contribution is 2.38. The van der Waals surface area contributed by atoms with Crippen LogP contribution in [0.2, 0.25) is 0 Å². The van der Waals surface area contributed by atoms with Crippen LogP contribution < -0.4 is 15.4 Å². The van der Waals surface area contributed by atoms with Gasteiger partial charge >= 0.3 is 6.03 Å². The lowest BCUT2D eigenvalue weighted by molar-refractivity contribution is -0.137. The molecule has 2 aliphatic rings. The fourth-order valence-corrected chi connectivity index (χ4v) is 3.82. The fourth-order valence-electron chi connectivity index (χ4n) is 3.82. The first-order valence-electron chi connectivity index (χ1n) is 9.00. The molecule has 1 spiro atoms. The smallest absolute Gasteiger partial charge is 0.325 e. The van der Waals surface area contributed by atoms with E-state index in [0.29, 0.717) is 18.7 Å². The summed E-state index contributed by atoms with van der Waals surface area (Å²) in [6, 6.07) is 6.89. The quantitative estimate of drug-likeness (QED) is 0.785. The van der Waals surface area contributed by atoms with Gasteiger partial charge in [-0.15, -0.1) is 0 Å². The summed E-state index contributed by atoms with van der Waals surface area (Å²) in [5.74, 6) is 0.152. The van der Waals surface area contributed by atoms with E-state index in [4.69, 9.17) is 4.74 Å². The molecule has 26 heavy (non-hydrogen) atoms. The molecule has 1 aliphatic heterocycles. The fraction of sp³-hybridized carbons (Fsp3) is 0.526. The van der Waals surface area contributed by atoms with Gasteiger partial charge in [-0.2, -0.15) is 0 Å². The summed E-state index contributed by atoms with van der Waals surface area (Å²) in [4.78, 5) is 38.4. The number of amides is 4. The zero-order valence-corrected chi connectivity index (χ0v) is 15.2. The number of carbonyl (C=O) groups excluding carboxylic acids is 3. The number of benzene rings is 1. The molecule has 2 N–H and O–H groups in total. The molecule has 1 aliphatic carbocycles. The van der Waals surface area contributed by atoms with Crippen LogP contribution in [0.3, 0.4) is 0 Å². The SMILES string of the molecule is COc1cccc(CNC(=O)CN2C(=O)NC3(CCCCC3C)C2=O)c1. The van der Waals surface area contributed by atoms with E-state index in [1.165, 1.54) is 0 Å². The molecule has 4 amide bonds. The third kappa shape index (κ3) is 3.38. The third-order valence-electron chi connectivity index (χ3n) is 5.43. The number of nitrogens with zero attached hydrogens (tertiary/aromatic N) is 1. The number of urea groups is 1. The second kappa shape index (κ2) is 7.35. The van der Waals surface area contributed by atoms with Crippen molar-refractivity contribution >= 4 is 17.8 Å². The number of imide groups is 1. The Bertz CT molecular complexity index is 720. The van der Waals surface area contributed by atoms with Gasteiger partial charge in [-0.05, 0) is 36.5 Å². The number of carbonyl (C=O) groups is 3. The Hall–Kier alpha value is -2.57. The average molecular weight is 359 g/mol. The lowest BCUT2D eigenvalue weighted by atomic mass is 9.73. The van der Waals surface area contributed by atoms with Crippen LogP contribution in [0.1, 0.15) is 38.2 Å². The molecule has 7 nitrogen and oxygen atoms in total. The molecule has 1 saturated heterocycles. The Morgan fingerprint density at radius 2 is 2.19 bits per heavy atom. The predicted octanol–water partition coefficient (Wildman–Crippen LogP) is 1.81. The van der Waals surface area contributed by atoms with Gasteiger partial charge in [0.05, 0.1) is 7.11 Å². The minimum absolute atomic E-state index is 0.0811. The molecule has 1 saturated carbocycles. The Kier molecular flexibility index (Phi) is 5.15. The van der Waals surface area contributed by atoms with E-state index in [-0.39, 0.29) is 24.3 Å². The van der Waals surface area contributed by atoms with Crippen LogP contribution in [0.4, 0.5) is 4.79 Å². The van der Waals surface area contributed by atoms with Crippen molar-refractivity contribution < 1.29 is 19.1 Å². The Morgan fingerprint density at radius 1 is 1.38 bits per heavy atom. The Balaban J connectivity index is 1.60. The predicted molar refractivity (Wildman–Crippen MR) is 95.4 cm³/mol. The highest BCUT2D eigenvalue weighted by Gasteiger charge is 2.55. The van der Waals surface area contributed by atoms with Gasteiger partial charge in [0.15, 0.2) is 0 Å². The normalized spacial score (nSPS) is 25.3. The first kappa shape index (κ1) is 18.2. The van der Waals surface area contributed by atoms with Crippen molar-refractivity contribution in [2.24, 2.45) is 5.92 Å². The summed E-state index contributed by atoms with van der Waals surface area (Å²) >= 11 is 0. The maximum Gasteiger partial charge on any atom is 0.325 e. The van der Waals surface area contributed by atoms with Crippen LogP contribution in [0.5, 0.6) is 5.75 Å². The minimum atomic E-state index is -0.831. The van der Waals surface area contributed by atoms with Crippen molar-refractivity contribution in [2.75, 3.05) is 13.7 Å². The lowest BCUT2D eigenvalue weighted by Crippen LogP contribution is -2.54. The van der Waals surface area contributed by atoms with Crippen molar-refractivity contribution in [3.8, 4) is 5.75 Å². The van der Waals surface area contributed by atoms with Gasteiger partial charge < -0.3 is 15.4 Å². The summed E-state index contributed by atoms with van der Waals surface area (Å²) in [5, 5.41) is 5.61. The van der Waals surface area contributed by atoms with Crippen LogP contribution in [0, 0.1) is 5.92 Å². The van der Waals surface area contributed by atoms with Crippen molar-refractivity contribution in [3.05, 3.63) is 29.8 Å². The summed E-state index contributed by atoms with van der Waals surface area (Å²) in [7, 11) is 1.58. The summed E-state index contributed by atoms with van der Waals surface area (Å²) in [6.07, 6.45) is 3.52. The van der Waals surface area contributed by atoms with Gasteiger partial charge in [0, 0.05) is 6.54 Å². The standard InChI is InChI=1S/C19H25N3O4/c1-13-6-3-4-9-19(13)17(24)22(18(25)21-19)12-16(23)20-11-14-7-5-8-15(10-14)26-2/h5,7-8,10,13H,3-4,6,9,11-12H2,1-2H3,(H,20,23)(H,21,25). The van der Waals surface area contributed by atoms with Crippen molar-refractivity contribution in [1.82, 2.24) is 15.5 Å². The lowest BCUT2D eigenvalue weighted by Gasteiger charge is -2.36. The molecule has 1 heterocycles. The third-order valence-corrected chi connectivity index (χ3v) is 5.43. The highest BCUT2D eigenvalue weighted by molar-refractivity contribution is 6.09. The zero-order valence-electron chi connectivity index (χ0n) is 15.2. The number of rotatable bonds is 5. The van der Waals surface area contributed by atoms with Crippen LogP contribution in [0.25, 0.3) is 0 Å². The monoisotopic (exact) mass is 359 g/mol. The number of hydrogen-bond acceptors (Lipinski definition) is 4. The molecule has 0 radical (unpaired) electrons. The maximum absolute atomic E-state index is 12.8. The van der Waals surface area contributed by atoms with Gasteiger partial charge in [0.2, 0.25) is 5.91 Å². The summed E-state index contributed by atoms with van der Waals surface area (Å²) in [5.41, 5.74) is 0.0508. The molecular formula is C19H25N3O4. The van der Waals surface area contributed by atoms with E-state index >= 15 is 0 Å². The van der Waals surface area contributed by atoms with E-state index in [0.717, 1.165) is 29.7 Å². The Labute approximate surface area is 153 Å². The van der Waals surface area contributed by atoms with Crippen LogP contribution in [-0.2, 0) is 16.1 Å². The summed E-state index contributed by atoms with van der Waals surface area (Å²) in [6.45, 7) is 2.04. The second-order valence-corrected chi connectivity index (χ2v) is 7.07. The van der Waals surface area contributed by atoms with Gasteiger partial charge in [0.1, 0.15) is 17.8 Å². The number of methoxy groups -OCH3 is 1. The van der Waals surface area contributed by atoms with Crippen molar-refractivity contribution in [3.63, 3.8) is 0 Å². The molecular weight excluding hydrogens is 334 g/mol. The van der Waals surface area contributed by atoms with Crippen LogP contribution >= 0.6 is 0 Å². The molecule has 2 atom stereocenters. The topological polar surface area (TPSA) is 87.7 Å². The van der Waals surface area contributed by atoms with Crippen molar-refractivity contribution in [2.45, 2.75) is 44.7 Å². The van der Waals surface area contributed by atoms with Gasteiger partial charge in [-0.3, -0.25) is 14.5 Å². The number of nitrogens with one attached hydrogen (secondary N) is 2. The van der Waals surface area contributed by atoms with Gasteiger partial charge in [0.25, 0.3) is 5.91 Å². The van der Waals surface area contributed by atoms with E-state index in [9.17, 15) is 14.4 Å². The van der Waals surface area contributed by atoms with Crippen LogP contribution in [0.15, 0.2) is 24.3 Å². The molecule has 0 aromatic heterocycles. The first-order valence-corrected chi connectivity index (χ1v) is 9.00. The largest absolute Gasteiger partial charge is 0.497 e.